The second-order valence-electron chi connectivity index (χ2n) is 8.62. The van der Waals surface area contributed by atoms with Crippen molar-refractivity contribution in [2.24, 2.45) is 0 Å². The first-order valence-corrected chi connectivity index (χ1v) is 12.9. The summed E-state index contributed by atoms with van der Waals surface area (Å²) in [7, 11) is -3.48. The van der Waals surface area contributed by atoms with E-state index in [1.54, 1.807) is 42.9 Å². The number of anilines is 4. The molecule has 5 rings (SSSR count). The molecule has 2 heterocycles. The second kappa shape index (κ2) is 9.81. The fourth-order valence-electron chi connectivity index (χ4n) is 3.54. The van der Waals surface area contributed by atoms with E-state index in [0.29, 0.717) is 17.5 Å². The van der Waals surface area contributed by atoms with Gasteiger partial charge in [0, 0.05) is 41.6 Å². The summed E-state index contributed by atoms with van der Waals surface area (Å²) in [5.41, 5.74) is 4.96. The van der Waals surface area contributed by atoms with Crippen molar-refractivity contribution < 1.29 is 8.42 Å². The van der Waals surface area contributed by atoms with Gasteiger partial charge in [-0.1, -0.05) is 12.1 Å². The Morgan fingerprint density at radius 2 is 1.49 bits per heavy atom. The molecule has 0 unspecified atom stereocenters. The highest BCUT2D eigenvalue weighted by Gasteiger charge is 2.27. The summed E-state index contributed by atoms with van der Waals surface area (Å²) >= 11 is 0. The molecule has 3 N–H and O–H groups in total. The summed E-state index contributed by atoms with van der Waals surface area (Å²) in [5.74, 6) is 1.11. The number of hydrogen-bond acceptors (Lipinski definition) is 7. The molecule has 0 bridgehead atoms. The van der Waals surface area contributed by atoms with E-state index in [2.05, 4.69) is 42.4 Å². The van der Waals surface area contributed by atoms with Gasteiger partial charge in [0.25, 0.3) is 0 Å². The van der Waals surface area contributed by atoms with Gasteiger partial charge >= 0.3 is 0 Å². The van der Waals surface area contributed by atoms with Crippen molar-refractivity contribution in [3.05, 3.63) is 95.9 Å². The van der Waals surface area contributed by atoms with E-state index in [4.69, 9.17) is 0 Å². The van der Waals surface area contributed by atoms with E-state index in [0.717, 1.165) is 30.5 Å². The molecular formula is C26H26N6O2S. The van der Waals surface area contributed by atoms with Gasteiger partial charge < -0.3 is 10.6 Å². The molecule has 0 spiro atoms. The third kappa shape index (κ3) is 6.00. The smallest absolute Gasteiger partial charge is 0.240 e. The normalized spacial score (nSPS) is 13.4. The summed E-state index contributed by atoms with van der Waals surface area (Å²) in [6.45, 7) is 1.94. The largest absolute Gasteiger partial charge is 0.340 e. The Hall–Kier alpha value is -3.82. The maximum atomic E-state index is 12.4. The zero-order chi connectivity index (χ0) is 24.3. The van der Waals surface area contributed by atoms with Crippen LogP contribution in [0.3, 0.4) is 0 Å². The molecule has 4 aromatic rings. The molecule has 178 valence electrons. The Morgan fingerprint density at radius 3 is 2.17 bits per heavy atom. The third-order valence-corrected chi connectivity index (χ3v) is 7.20. The molecule has 0 saturated heterocycles. The number of nitrogens with zero attached hydrogens (tertiary/aromatic N) is 3. The van der Waals surface area contributed by atoms with Crippen molar-refractivity contribution in [2.75, 3.05) is 10.6 Å². The van der Waals surface area contributed by atoms with Crippen molar-refractivity contribution >= 4 is 33.2 Å². The molecule has 9 heteroatoms. The number of sulfonamides is 1. The lowest BCUT2D eigenvalue weighted by atomic mass is 10.1. The monoisotopic (exact) mass is 486 g/mol. The summed E-state index contributed by atoms with van der Waals surface area (Å²) in [6, 6.07) is 18.9. The van der Waals surface area contributed by atoms with Gasteiger partial charge in [0.05, 0.1) is 4.90 Å². The molecule has 2 aromatic carbocycles. The predicted octanol–water partition coefficient (Wildman–Crippen LogP) is 4.70. The maximum Gasteiger partial charge on any atom is 0.240 e. The minimum Gasteiger partial charge on any atom is -0.340 e. The van der Waals surface area contributed by atoms with Crippen LogP contribution in [0.1, 0.15) is 29.5 Å². The van der Waals surface area contributed by atoms with Gasteiger partial charge in [0.2, 0.25) is 16.0 Å². The number of aryl methyl sites for hydroxylation is 1. The summed E-state index contributed by atoms with van der Waals surface area (Å²) in [4.78, 5) is 13.3. The zero-order valence-electron chi connectivity index (χ0n) is 19.3. The number of rotatable bonds is 9. The van der Waals surface area contributed by atoms with Crippen LogP contribution in [-0.4, -0.2) is 29.4 Å². The van der Waals surface area contributed by atoms with E-state index >= 15 is 0 Å². The van der Waals surface area contributed by atoms with Gasteiger partial charge in [-0.3, -0.25) is 4.98 Å². The highest BCUT2D eigenvalue weighted by atomic mass is 32.2. The van der Waals surface area contributed by atoms with Crippen LogP contribution in [0.2, 0.25) is 0 Å². The van der Waals surface area contributed by atoms with Gasteiger partial charge in [-0.2, -0.15) is 4.98 Å². The molecule has 0 atom stereocenters. The zero-order valence-corrected chi connectivity index (χ0v) is 20.1. The third-order valence-electron chi connectivity index (χ3n) is 5.67. The molecule has 35 heavy (non-hydrogen) atoms. The molecule has 1 aliphatic carbocycles. The van der Waals surface area contributed by atoms with Gasteiger partial charge in [0.15, 0.2) is 0 Å². The standard InChI is InChI=1S/C26H26N6O2S/c1-18-17-28-26(30-22-8-10-24(11-9-22)35(33,34)32-23-6-7-23)31-25(18)29-21-4-2-19(3-5-21)16-20-12-14-27-15-13-20/h2-5,8-15,17,23,32H,6-7,16H2,1H3,(H2,28,29,30,31). The predicted molar refractivity (Wildman–Crippen MR) is 137 cm³/mol. The summed E-state index contributed by atoms with van der Waals surface area (Å²) < 4.78 is 27.4. The summed E-state index contributed by atoms with van der Waals surface area (Å²) in [5, 5.41) is 6.50. The first-order chi connectivity index (χ1) is 16.9. The van der Waals surface area contributed by atoms with E-state index in [-0.39, 0.29) is 10.9 Å². The van der Waals surface area contributed by atoms with Crippen LogP contribution in [0.25, 0.3) is 0 Å². The maximum absolute atomic E-state index is 12.4. The van der Waals surface area contributed by atoms with Crippen molar-refractivity contribution in [1.29, 1.82) is 0 Å². The number of nitrogens with one attached hydrogen (secondary N) is 3. The lowest BCUT2D eigenvalue weighted by Crippen LogP contribution is -2.25. The molecule has 0 amide bonds. The first-order valence-electron chi connectivity index (χ1n) is 11.4. The molecule has 1 aliphatic rings. The molecule has 2 aromatic heterocycles. The lowest BCUT2D eigenvalue weighted by Gasteiger charge is -2.12. The fourth-order valence-corrected chi connectivity index (χ4v) is 4.85. The van der Waals surface area contributed by atoms with Crippen LogP contribution in [0, 0.1) is 6.92 Å². The van der Waals surface area contributed by atoms with Crippen LogP contribution in [0.15, 0.2) is 84.1 Å². The average Bonchev–Trinajstić information content (AvgIpc) is 3.67. The molecule has 0 radical (unpaired) electrons. The Bertz CT molecular complexity index is 1400. The quantitative estimate of drug-likeness (QED) is 0.315. The van der Waals surface area contributed by atoms with Gasteiger partial charge in [-0.15, -0.1) is 0 Å². The highest BCUT2D eigenvalue weighted by molar-refractivity contribution is 7.89. The van der Waals surface area contributed by atoms with Crippen molar-refractivity contribution in [3.63, 3.8) is 0 Å². The van der Waals surface area contributed by atoms with Crippen LogP contribution in [0.4, 0.5) is 23.1 Å². The summed E-state index contributed by atoms with van der Waals surface area (Å²) in [6.07, 6.45) is 7.99. The fraction of sp³-hybridized carbons (Fsp3) is 0.192. The topological polar surface area (TPSA) is 109 Å². The lowest BCUT2D eigenvalue weighted by molar-refractivity contribution is 0.581. The number of benzene rings is 2. The second-order valence-corrected chi connectivity index (χ2v) is 10.3. The Labute approximate surface area is 204 Å². The Morgan fingerprint density at radius 1 is 0.857 bits per heavy atom. The van der Waals surface area contributed by atoms with Gasteiger partial charge in [-0.25, -0.2) is 18.1 Å². The van der Waals surface area contributed by atoms with Crippen LogP contribution in [0.5, 0.6) is 0 Å². The molecule has 8 nitrogen and oxygen atoms in total. The minimum absolute atomic E-state index is 0.0716. The van der Waals surface area contributed by atoms with E-state index in [1.807, 2.05) is 31.2 Å². The van der Waals surface area contributed by atoms with Crippen molar-refractivity contribution in [1.82, 2.24) is 19.7 Å². The Balaban J connectivity index is 1.25. The van der Waals surface area contributed by atoms with Crippen LogP contribution in [-0.2, 0) is 16.4 Å². The van der Waals surface area contributed by atoms with Crippen LogP contribution >= 0.6 is 0 Å². The van der Waals surface area contributed by atoms with Gasteiger partial charge in [0.1, 0.15) is 5.82 Å². The SMILES string of the molecule is Cc1cnc(Nc2ccc(S(=O)(=O)NC3CC3)cc2)nc1Nc1ccc(Cc2ccncc2)cc1. The molecular weight excluding hydrogens is 460 g/mol. The number of aromatic nitrogens is 3. The first kappa shape index (κ1) is 22.9. The van der Waals surface area contributed by atoms with Crippen molar-refractivity contribution in [3.8, 4) is 0 Å². The van der Waals surface area contributed by atoms with E-state index in [9.17, 15) is 8.42 Å². The number of pyridine rings is 1. The Kier molecular flexibility index (Phi) is 6.43. The average molecular weight is 487 g/mol. The minimum atomic E-state index is -3.48. The highest BCUT2D eigenvalue weighted by Crippen LogP contribution is 2.24. The molecule has 1 fully saturated rings. The molecule has 1 saturated carbocycles. The van der Waals surface area contributed by atoms with Gasteiger partial charge in [-0.05, 0) is 85.8 Å². The number of hydrogen-bond donors (Lipinski definition) is 3. The molecule has 0 aliphatic heterocycles. The van der Waals surface area contributed by atoms with Crippen LogP contribution < -0.4 is 15.4 Å². The van der Waals surface area contributed by atoms with Crippen molar-refractivity contribution in [2.45, 2.75) is 37.1 Å². The van der Waals surface area contributed by atoms with E-state index < -0.39 is 10.0 Å². The van der Waals surface area contributed by atoms with E-state index in [1.165, 1.54) is 11.1 Å².